The van der Waals surface area contributed by atoms with Gasteiger partial charge in [-0.15, -0.1) is 0 Å². The third-order valence-corrected chi connectivity index (χ3v) is 5.38. The molecule has 0 heterocycles. The number of hydrogen-bond donors (Lipinski definition) is 2. The number of carbonyl (C=O) groups is 2. The van der Waals surface area contributed by atoms with Gasteiger partial charge in [0.05, 0.1) is 24.6 Å². The van der Waals surface area contributed by atoms with Crippen LogP contribution in [0.5, 0.6) is 0 Å². The number of unbranched alkanes of at least 4 members (excludes halogenated alkanes) is 14. The molecule has 30 heavy (non-hydrogen) atoms. The van der Waals surface area contributed by atoms with Crippen LogP contribution in [-0.2, 0) is 9.59 Å². The number of Topliss-reactive ketones (excluding diaryl/α,β-unsaturated/α-hetero) is 1. The normalized spacial score (nSPS) is 15.8. The number of ketones is 1. The molecule has 0 aromatic carbocycles. The Morgan fingerprint density at radius 2 is 1.23 bits per heavy atom. The smallest absolute Gasteiger partial charge is 0.306 e. The number of hydrogen-bond acceptors (Lipinski definition) is 3. The number of carboxylic acid groups (broad SMARTS) is 1. The van der Waals surface area contributed by atoms with Gasteiger partial charge in [-0.05, 0) is 6.42 Å². The van der Waals surface area contributed by atoms with Gasteiger partial charge in [0.2, 0.25) is 0 Å². The highest BCUT2D eigenvalue weighted by atomic mass is 16.4. The van der Waals surface area contributed by atoms with Crippen LogP contribution >= 0.6 is 0 Å². The maximum Gasteiger partial charge on any atom is 0.306 e. The highest BCUT2D eigenvalue weighted by Gasteiger charge is 2.25. The van der Waals surface area contributed by atoms with Crippen molar-refractivity contribution >= 4 is 11.8 Å². The Labute approximate surface area is 190 Å². The second kappa shape index (κ2) is 18.8. The van der Waals surface area contributed by atoms with E-state index < -0.39 is 29.5 Å². The first-order valence-corrected chi connectivity index (χ1v) is 12.2. The summed E-state index contributed by atoms with van der Waals surface area (Å²) in [7, 11) is 2.82. The van der Waals surface area contributed by atoms with E-state index in [0.29, 0.717) is 6.42 Å². The summed E-state index contributed by atoms with van der Waals surface area (Å²) in [6.07, 6.45) is 15.2. The van der Waals surface area contributed by atoms with Gasteiger partial charge in [-0.1, -0.05) is 96.8 Å². The number of likely N-dealkylation sites (N-methyl/N-ethyl adjacent to an activating group) is 1. The molecule has 0 bridgehead atoms. The van der Waals surface area contributed by atoms with E-state index in [1.807, 2.05) is 0 Å². The van der Waals surface area contributed by atoms with Gasteiger partial charge in [-0.3, -0.25) is 9.59 Å². The van der Waals surface area contributed by atoms with Gasteiger partial charge in [0, 0.05) is 6.42 Å². The molecule has 0 aromatic rings. The molecular weight excluding hydrogens is 378 g/mol. The quantitative estimate of drug-likeness (QED) is 0.170. The Morgan fingerprint density at radius 1 is 0.833 bits per heavy atom. The van der Waals surface area contributed by atoms with Crippen molar-refractivity contribution in [1.29, 1.82) is 0 Å². The van der Waals surface area contributed by atoms with E-state index in [2.05, 4.69) is 6.92 Å². The minimum Gasteiger partial charge on any atom is -0.481 e. The van der Waals surface area contributed by atoms with Crippen LogP contribution in [0.1, 0.15) is 120 Å². The highest BCUT2D eigenvalue weighted by Crippen LogP contribution is 2.14. The summed E-state index contributed by atoms with van der Waals surface area (Å²) in [5.74, 6) is -1.59. The summed E-state index contributed by atoms with van der Waals surface area (Å²) in [6, 6.07) is 0. The third kappa shape index (κ3) is 20.3. The number of quaternary nitrogens is 1. The van der Waals surface area contributed by atoms with Crippen LogP contribution in [0.15, 0.2) is 0 Å². The molecule has 0 aliphatic rings. The fourth-order valence-electron chi connectivity index (χ4n) is 3.79. The lowest BCUT2D eigenvalue weighted by Gasteiger charge is -2.30. The maximum absolute atomic E-state index is 12.3. The standard InChI is InChI=1S/C25H49NO4/c1-4-5-6-7-8-9-10-11-12-13-14-15-16-17-18-19-23(27)21-26(2,3)22-24(28)20-25(29)30/h24,28H,4-22H2,1-3H3/p+1/t24-/m1/s1/i22D2,24D. The zero-order valence-electron chi connectivity index (χ0n) is 22.9. The maximum atomic E-state index is 12.3. The minimum atomic E-state index is -2.82. The first kappa shape index (κ1) is 23.7. The number of carboxylic acids is 1. The first-order valence-electron chi connectivity index (χ1n) is 13.7. The van der Waals surface area contributed by atoms with Crippen LogP contribution in [0, 0.1) is 0 Å². The lowest BCUT2D eigenvalue weighted by Crippen LogP contribution is -2.48. The van der Waals surface area contributed by atoms with Gasteiger partial charge in [0.15, 0.2) is 5.78 Å². The lowest BCUT2D eigenvalue weighted by atomic mass is 10.0. The molecule has 0 aliphatic heterocycles. The third-order valence-electron chi connectivity index (χ3n) is 5.38. The Bertz CT molecular complexity index is 554. The zero-order chi connectivity index (χ0) is 25.4. The van der Waals surface area contributed by atoms with Gasteiger partial charge in [-0.2, -0.15) is 0 Å². The predicted octanol–water partition coefficient (Wildman–Crippen LogP) is 5.73. The summed E-state index contributed by atoms with van der Waals surface area (Å²) < 4.78 is 23.4. The van der Waals surface area contributed by atoms with Crippen molar-refractivity contribution < 1.29 is 28.4 Å². The molecule has 0 saturated heterocycles. The largest absolute Gasteiger partial charge is 0.481 e. The zero-order valence-corrected chi connectivity index (χ0v) is 19.9. The molecule has 0 amide bonds. The number of carbonyl (C=O) groups excluding carboxylic acids is 1. The second-order valence-electron chi connectivity index (χ2n) is 9.21. The number of aliphatic carboxylic acids is 1. The molecule has 0 rings (SSSR count). The molecule has 0 spiro atoms. The van der Waals surface area contributed by atoms with E-state index in [0.717, 1.165) is 19.3 Å². The SMILES string of the molecule is [2H]C([2H])([C@]([2H])(O)CC(=O)O)[N+](C)(C)CC(=O)CCCCCCCCCCCCCCCCC. The second-order valence-corrected chi connectivity index (χ2v) is 9.21. The van der Waals surface area contributed by atoms with Gasteiger partial charge in [0.25, 0.3) is 0 Å². The summed E-state index contributed by atoms with van der Waals surface area (Å²) in [4.78, 5) is 23.2. The molecule has 5 heteroatoms. The van der Waals surface area contributed by atoms with Crippen molar-refractivity contribution in [2.24, 2.45) is 0 Å². The average Bonchev–Trinajstić information content (AvgIpc) is 2.69. The minimum absolute atomic E-state index is 0.135. The number of rotatable bonds is 22. The van der Waals surface area contributed by atoms with Crippen molar-refractivity contribution in [3.8, 4) is 0 Å². The van der Waals surface area contributed by atoms with E-state index in [1.54, 1.807) is 0 Å². The van der Waals surface area contributed by atoms with E-state index in [4.69, 9.17) is 9.22 Å². The molecule has 5 nitrogen and oxygen atoms in total. The first-order chi connectivity index (χ1) is 15.4. The molecule has 0 fully saturated rings. The van der Waals surface area contributed by atoms with E-state index in [-0.39, 0.29) is 12.3 Å². The summed E-state index contributed by atoms with van der Waals surface area (Å²) in [5.41, 5.74) is 0. The molecular formula is C25H50NO4+. The van der Waals surface area contributed by atoms with Crippen LogP contribution in [0.25, 0.3) is 0 Å². The number of aliphatic hydroxyl groups is 1. The molecule has 0 aromatic heterocycles. The Morgan fingerprint density at radius 3 is 1.63 bits per heavy atom. The van der Waals surface area contributed by atoms with Gasteiger partial charge < -0.3 is 14.7 Å². The van der Waals surface area contributed by atoms with Crippen LogP contribution in [-0.4, -0.2) is 59.7 Å². The Balaban J connectivity index is 3.88. The molecule has 0 aliphatic carbocycles. The van der Waals surface area contributed by atoms with Crippen molar-refractivity contribution in [3.05, 3.63) is 0 Å². The summed E-state index contributed by atoms with van der Waals surface area (Å²) in [5, 5.41) is 18.9. The fraction of sp³-hybridized carbons (Fsp3) is 0.920. The Kier molecular flexibility index (Phi) is 14.9. The molecule has 0 saturated carbocycles. The van der Waals surface area contributed by atoms with Crippen LogP contribution in [0.3, 0.4) is 0 Å². The van der Waals surface area contributed by atoms with Crippen LogP contribution in [0.4, 0.5) is 0 Å². The van der Waals surface area contributed by atoms with Crippen LogP contribution < -0.4 is 0 Å². The average molecular weight is 432 g/mol. The van der Waals surface area contributed by atoms with E-state index >= 15 is 0 Å². The van der Waals surface area contributed by atoms with Crippen molar-refractivity contribution in [2.75, 3.05) is 27.1 Å². The van der Waals surface area contributed by atoms with Gasteiger partial charge in [-0.25, -0.2) is 0 Å². The topological polar surface area (TPSA) is 74.6 Å². The van der Waals surface area contributed by atoms with Crippen LogP contribution in [0.2, 0.25) is 0 Å². The molecule has 0 radical (unpaired) electrons. The molecule has 178 valence electrons. The highest BCUT2D eigenvalue weighted by molar-refractivity contribution is 5.79. The van der Waals surface area contributed by atoms with Crippen molar-refractivity contribution in [1.82, 2.24) is 0 Å². The lowest BCUT2D eigenvalue weighted by molar-refractivity contribution is -0.885. The fourth-order valence-corrected chi connectivity index (χ4v) is 3.79. The Hall–Kier alpha value is -0.940. The predicted molar refractivity (Wildman–Crippen MR) is 125 cm³/mol. The van der Waals surface area contributed by atoms with E-state index in [1.165, 1.54) is 91.1 Å². The van der Waals surface area contributed by atoms with E-state index in [9.17, 15) is 14.7 Å². The van der Waals surface area contributed by atoms with Crippen molar-refractivity contribution in [3.63, 3.8) is 0 Å². The molecule has 1 atom stereocenters. The number of nitrogens with zero attached hydrogens (tertiary/aromatic N) is 1. The molecule has 0 unspecified atom stereocenters. The van der Waals surface area contributed by atoms with Crippen molar-refractivity contribution in [2.45, 2.75) is 122 Å². The monoisotopic (exact) mass is 431 g/mol. The van der Waals surface area contributed by atoms with Gasteiger partial charge >= 0.3 is 5.97 Å². The summed E-state index contributed by atoms with van der Waals surface area (Å²) in [6.45, 7) is -0.541. The molecule has 2 N–H and O–H groups in total. The van der Waals surface area contributed by atoms with Gasteiger partial charge in [0.1, 0.15) is 19.1 Å². The summed E-state index contributed by atoms with van der Waals surface area (Å²) >= 11 is 0.